The molecule has 18 heavy (non-hydrogen) atoms. The number of aliphatic hydroxyl groups excluding tert-OH is 1. The molecule has 0 amide bonds. The fourth-order valence-corrected chi connectivity index (χ4v) is 1.37. The summed E-state index contributed by atoms with van der Waals surface area (Å²) in [7, 11) is 0. The number of halogens is 1. The summed E-state index contributed by atoms with van der Waals surface area (Å²) in [5, 5.41) is 8.65. The largest absolute Gasteiger partial charge is 0.384 e. The van der Waals surface area contributed by atoms with E-state index in [1.54, 1.807) is 6.07 Å². The van der Waals surface area contributed by atoms with E-state index < -0.39 is 0 Å². The zero-order chi connectivity index (χ0) is 13.2. The van der Waals surface area contributed by atoms with Gasteiger partial charge in [0.1, 0.15) is 12.4 Å². The van der Waals surface area contributed by atoms with Crippen LogP contribution in [-0.2, 0) is 16.1 Å². The summed E-state index contributed by atoms with van der Waals surface area (Å²) < 4.78 is 23.6. The second-order valence-electron chi connectivity index (χ2n) is 3.51. The van der Waals surface area contributed by atoms with Gasteiger partial charge in [0.2, 0.25) is 0 Å². The fourth-order valence-electron chi connectivity index (χ4n) is 1.37. The van der Waals surface area contributed by atoms with Gasteiger partial charge in [0.05, 0.1) is 19.8 Å². The first kappa shape index (κ1) is 14.7. The standard InChI is InChI=1S/C14H17FO3/c1-2-17-8-9-18-11-13-5-6-14(15)10-12(13)4-3-7-16/h5-6,10,16H,2,7-9,11H2,1H3. The average molecular weight is 252 g/mol. The number of benzene rings is 1. The van der Waals surface area contributed by atoms with Crippen LogP contribution in [0.1, 0.15) is 18.1 Å². The summed E-state index contributed by atoms with van der Waals surface area (Å²) in [6.45, 7) is 3.70. The number of hydrogen-bond donors (Lipinski definition) is 1. The zero-order valence-corrected chi connectivity index (χ0v) is 10.4. The molecule has 0 spiro atoms. The van der Waals surface area contributed by atoms with E-state index in [9.17, 15) is 4.39 Å². The summed E-state index contributed by atoms with van der Waals surface area (Å²) in [6.07, 6.45) is 0. The quantitative estimate of drug-likeness (QED) is 0.619. The molecule has 0 atom stereocenters. The van der Waals surface area contributed by atoms with Gasteiger partial charge in [-0.3, -0.25) is 0 Å². The molecule has 1 rings (SSSR count). The summed E-state index contributed by atoms with van der Waals surface area (Å²) >= 11 is 0. The second kappa shape index (κ2) is 8.65. The van der Waals surface area contributed by atoms with Crippen LogP contribution < -0.4 is 0 Å². The topological polar surface area (TPSA) is 38.7 Å². The first-order chi connectivity index (χ1) is 8.77. The van der Waals surface area contributed by atoms with Gasteiger partial charge in [-0.1, -0.05) is 17.9 Å². The van der Waals surface area contributed by atoms with Crippen LogP contribution in [0, 0.1) is 17.7 Å². The van der Waals surface area contributed by atoms with Crippen molar-refractivity contribution in [1.82, 2.24) is 0 Å². The van der Waals surface area contributed by atoms with Crippen molar-refractivity contribution in [1.29, 1.82) is 0 Å². The van der Waals surface area contributed by atoms with Crippen LogP contribution >= 0.6 is 0 Å². The Bertz CT molecular complexity index is 421. The van der Waals surface area contributed by atoms with Crippen LogP contribution in [0.3, 0.4) is 0 Å². The van der Waals surface area contributed by atoms with Gasteiger partial charge in [-0.05, 0) is 24.6 Å². The number of aliphatic hydroxyl groups is 1. The minimum atomic E-state index is -0.352. The van der Waals surface area contributed by atoms with Crippen molar-refractivity contribution in [2.45, 2.75) is 13.5 Å². The Kier molecular flexibility index (Phi) is 7.04. The van der Waals surface area contributed by atoms with Gasteiger partial charge in [0, 0.05) is 12.2 Å². The number of ether oxygens (including phenoxy) is 2. The molecule has 0 aliphatic carbocycles. The molecule has 0 fully saturated rings. The first-order valence-electron chi connectivity index (χ1n) is 5.81. The van der Waals surface area contributed by atoms with Gasteiger partial charge in [-0.2, -0.15) is 0 Å². The molecule has 0 heterocycles. The van der Waals surface area contributed by atoms with Gasteiger partial charge in [-0.15, -0.1) is 0 Å². The fraction of sp³-hybridized carbons (Fsp3) is 0.429. The average Bonchev–Trinajstić information content (AvgIpc) is 2.38. The molecule has 0 bridgehead atoms. The van der Waals surface area contributed by atoms with Crippen molar-refractivity contribution < 1.29 is 19.0 Å². The molecule has 98 valence electrons. The molecule has 1 aromatic carbocycles. The van der Waals surface area contributed by atoms with Crippen molar-refractivity contribution in [2.75, 3.05) is 26.4 Å². The smallest absolute Gasteiger partial charge is 0.124 e. The molecule has 0 aromatic heterocycles. The monoisotopic (exact) mass is 252 g/mol. The van der Waals surface area contributed by atoms with Crippen LogP contribution in [0.15, 0.2) is 18.2 Å². The normalized spacial score (nSPS) is 9.94. The van der Waals surface area contributed by atoms with Crippen LogP contribution in [0.2, 0.25) is 0 Å². The van der Waals surface area contributed by atoms with Crippen LogP contribution in [0.4, 0.5) is 4.39 Å². The predicted molar refractivity (Wildman–Crippen MR) is 66.5 cm³/mol. The molecule has 1 aromatic rings. The van der Waals surface area contributed by atoms with Crippen molar-refractivity contribution in [2.24, 2.45) is 0 Å². The summed E-state index contributed by atoms with van der Waals surface area (Å²) in [5.41, 5.74) is 1.34. The van der Waals surface area contributed by atoms with E-state index in [0.717, 1.165) is 5.56 Å². The van der Waals surface area contributed by atoms with E-state index >= 15 is 0 Å². The maximum absolute atomic E-state index is 13.1. The van der Waals surface area contributed by atoms with Crippen LogP contribution in [0.25, 0.3) is 0 Å². The minimum absolute atomic E-state index is 0.249. The molecule has 1 N–H and O–H groups in total. The molecular weight excluding hydrogens is 235 g/mol. The Morgan fingerprint density at radius 1 is 1.28 bits per heavy atom. The third kappa shape index (κ3) is 5.28. The molecular formula is C14H17FO3. The lowest BCUT2D eigenvalue weighted by Gasteiger charge is -2.07. The van der Waals surface area contributed by atoms with Gasteiger partial charge in [-0.25, -0.2) is 4.39 Å². The van der Waals surface area contributed by atoms with E-state index in [0.29, 0.717) is 32.0 Å². The molecule has 0 aliphatic heterocycles. The van der Waals surface area contributed by atoms with E-state index in [-0.39, 0.29) is 12.4 Å². The first-order valence-corrected chi connectivity index (χ1v) is 5.81. The third-order valence-electron chi connectivity index (χ3n) is 2.21. The minimum Gasteiger partial charge on any atom is -0.384 e. The number of rotatable bonds is 6. The van der Waals surface area contributed by atoms with Crippen molar-refractivity contribution in [3.63, 3.8) is 0 Å². The molecule has 0 unspecified atom stereocenters. The van der Waals surface area contributed by atoms with Crippen LogP contribution in [0.5, 0.6) is 0 Å². The van der Waals surface area contributed by atoms with Gasteiger partial charge in [0.25, 0.3) is 0 Å². The lowest BCUT2D eigenvalue weighted by molar-refractivity contribution is 0.0452. The predicted octanol–water partition coefficient (Wildman–Crippen LogP) is 1.72. The van der Waals surface area contributed by atoms with E-state index in [2.05, 4.69) is 11.8 Å². The van der Waals surface area contributed by atoms with Gasteiger partial charge < -0.3 is 14.6 Å². The summed E-state index contributed by atoms with van der Waals surface area (Å²) in [5.74, 6) is 4.85. The van der Waals surface area contributed by atoms with Gasteiger partial charge in [0.15, 0.2) is 0 Å². The van der Waals surface area contributed by atoms with Crippen LogP contribution in [-0.4, -0.2) is 31.5 Å². The zero-order valence-electron chi connectivity index (χ0n) is 10.4. The maximum Gasteiger partial charge on any atom is 0.124 e. The van der Waals surface area contributed by atoms with E-state index in [4.69, 9.17) is 14.6 Å². The Hall–Kier alpha value is -1.41. The highest BCUT2D eigenvalue weighted by molar-refractivity contribution is 5.41. The highest BCUT2D eigenvalue weighted by Crippen LogP contribution is 2.11. The third-order valence-corrected chi connectivity index (χ3v) is 2.21. The summed E-state index contributed by atoms with van der Waals surface area (Å²) in [4.78, 5) is 0. The lowest BCUT2D eigenvalue weighted by atomic mass is 10.1. The lowest BCUT2D eigenvalue weighted by Crippen LogP contribution is -2.05. The molecule has 0 saturated carbocycles. The Morgan fingerprint density at radius 3 is 2.78 bits per heavy atom. The molecule has 3 nitrogen and oxygen atoms in total. The van der Waals surface area contributed by atoms with Crippen molar-refractivity contribution in [3.8, 4) is 11.8 Å². The highest BCUT2D eigenvalue weighted by atomic mass is 19.1. The second-order valence-corrected chi connectivity index (χ2v) is 3.51. The van der Waals surface area contributed by atoms with E-state index in [1.165, 1.54) is 12.1 Å². The summed E-state index contributed by atoms with van der Waals surface area (Å²) in [6, 6.07) is 4.34. The van der Waals surface area contributed by atoms with Crippen molar-refractivity contribution in [3.05, 3.63) is 35.1 Å². The molecule has 4 heteroatoms. The Balaban J connectivity index is 2.58. The Labute approximate surface area is 107 Å². The highest BCUT2D eigenvalue weighted by Gasteiger charge is 2.02. The molecule has 0 aliphatic rings. The Morgan fingerprint density at radius 2 is 2.06 bits per heavy atom. The van der Waals surface area contributed by atoms with E-state index in [1.807, 2.05) is 6.92 Å². The van der Waals surface area contributed by atoms with Crippen molar-refractivity contribution >= 4 is 0 Å². The SMILES string of the molecule is CCOCCOCc1ccc(F)cc1C#CCO. The maximum atomic E-state index is 13.1. The molecule has 0 radical (unpaired) electrons. The molecule has 0 saturated heterocycles. The van der Waals surface area contributed by atoms with Gasteiger partial charge >= 0.3 is 0 Å². The number of hydrogen-bond acceptors (Lipinski definition) is 3.